The molecule has 0 aliphatic carbocycles. The van der Waals surface area contributed by atoms with Crippen molar-refractivity contribution in [3.63, 3.8) is 0 Å². The van der Waals surface area contributed by atoms with Gasteiger partial charge in [0.15, 0.2) is 0 Å². The number of benzene rings is 1. The third-order valence-corrected chi connectivity index (χ3v) is 5.52. The molecule has 2 heterocycles. The predicted molar refractivity (Wildman–Crippen MR) is 109 cm³/mol. The first-order valence-electron chi connectivity index (χ1n) is 7.56. The summed E-state index contributed by atoms with van der Waals surface area (Å²) in [5, 5.41) is -0.319. The first-order valence-corrected chi connectivity index (χ1v) is 9.45. The third kappa shape index (κ3) is 3.39. The van der Waals surface area contributed by atoms with Crippen molar-refractivity contribution in [1.29, 1.82) is 0 Å². The highest BCUT2D eigenvalue weighted by Crippen LogP contribution is 2.33. The topological polar surface area (TPSA) is 42.3 Å². The second-order valence-electron chi connectivity index (χ2n) is 5.61. The van der Waals surface area contributed by atoms with E-state index in [1.807, 2.05) is 38.1 Å². The molecule has 25 heavy (non-hydrogen) atoms. The summed E-state index contributed by atoms with van der Waals surface area (Å²) in [7, 11) is 0. The van der Waals surface area contributed by atoms with Crippen molar-refractivity contribution < 1.29 is 9.59 Å². The van der Waals surface area contributed by atoms with Gasteiger partial charge in [-0.3, -0.25) is 14.5 Å². The van der Waals surface area contributed by atoms with Crippen LogP contribution in [0.4, 0.5) is 4.79 Å². The first kappa shape index (κ1) is 17.8. The van der Waals surface area contributed by atoms with Crippen molar-refractivity contribution in [2.24, 2.45) is 0 Å². The highest BCUT2D eigenvalue weighted by molar-refractivity contribution is 14.1. The molecule has 1 aromatic heterocycles. The number of nitrogens with zero attached hydrogens (tertiary/aromatic N) is 2. The van der Waals surface area contributed by atoms with E-state index >= 15 is 0 Å². The number of aryl methyl sites for hydroxylation is 1. The van der Waals surface area contributed by atoms with Crippen LogP contribution in [0, 0.1) is 29.8 Å². The standard InChI is InChI=1S/C19H15IN2O2S/c1-4-8-21-18(23)17(25-19(21)24)10-14-9-12(2)22(13(14)3)16-7-5-6-15(20)11-16/h1,5-7,9-11H,8H2,2-3H3/b17-10+. The van der Waals surface area contributed by atoms with E-state index in [0.29, 0.717) is 4.91 Å². The fourth-order valence-electron chi connectivity index (χ4n) is 2.82. The number of halogens is 1. The minimum absolute atomic E-state index is 0.00345. The quantitative estimate of drug-likeness (QED) is 0.387. The van der Waals surface area contributed by atoms with Gasteiger partial charge in [0.2, 0.25) is 0 Å². The normalized spacial score (nSPS) is 15.9. The van der Waals surface area contributed by atoms with Gasteiger partial charge in [-0.25, -0.2) is 0 Å². The van der Waals surface area contributed by atoms with Gasteiger partial charge in [0.25, 0.3) is 11.1 Å². The Bertz CT molecular complexity index is 953. The van der Waals surface area contributed by atoms with Crippen LogP contribution in [0.1, 0.15) is 17.0 Å². The Labute approximate surface area is 164 Å². The Morgan fingerprint density at radius 1 is 1.28 bits per heavy atom. The highest BCUT2D eigenvalue weighted by atomic mass is 127. The van der Waals surface area contributed by atoms with E-state index in [1.165, 1.54) is 0 Å². The number of imide groups is 1. The number of thioether (sulfide) groups is 1. The number of carbonyl (C=O) groups is 2. The number of rotatable bonds is 3. The zero-order valence-electron chi connectivity index (χ0n) is 13.7. The summed E-state index contributed by atoms with van der Waals surface area (Å²) >= 11 is 3.22. The molecule has 126 valence electrons. The van der Waals surface area contributed by atoms with Crippen molar-refractivity contribution in [3.05, 3.63) is 55.8 Å². The molecular formula is C19H15IN2O2S. The van der Waals surface area contributed by atoms with Gasteiger partial charge < -0.3 is 4.57 Å². The molecule has 0 spiro atoms. The van der Waals surface area contributed by atoms with Crippen molar-refractivity contribution in [2.45, 2.75) is 13.8 Å². The van der Waals surface area contributed by atoms with Gasteiger partial charge in [-0.15, -0.1) is 6.42 Å². The maximum Gasteiger partial charge on any atom is 0.294 e. The Balaban J connectivity index is 2.01. The van der Waals surface area contributed by atoms with Crippen LogP contribution in [0.25, 0.3) is 11.8 Å². The molecular weight excluding hydrogens is 447 g/mol. The summed E-state index contributed by atoms with van der Waals surface area (Å²) in [5.41, 5.74) is 4.07. The van der Waals surface area contributed by atoms with Crippen molar-refractivity contribution >= 4 is 51.6 Å². The van der Waals surface area contributed by atoms with E-state index in [1.54, 1.807) is 6.08 Å². The maximum atomic E-state index is 12.3. The Hall–Kier alpha value is -1.98. The molecule has 0 atom stereocenters. The van der Waals surface area contributed by atoms with E-state index in [-0.39, 0.29) is 17.7 Å². The zero-order valence-corrected chi connectivity index (χ0v) is 16.7. The Kier molecular flexibility index (Phi) is 5.06. The van der Waals surface area contributed by atoms with Gasteiger partial charge in [-0.2, -0.15) is 0 Å². The summed E-state index contributed by atoms with van der Waals surface area (Å²) in [6, 6.07) is 10.2. The fraction of sp³-hybridized carbons (Fsp3) is 0.158. The molecule has 1 fully saturated rings. The first-order chi connectivity index (χ1) is 11.9. The Morgan fingerprint density at radius 3 is 2.72 bits per heavy atom. The minimum atomic E-state index is -0.327. The largest absolute Gasteiger partial charge is 0.318 e. The number of hydrogen-bond donors (Lipinski definition) is 0. The molecule has 1 aromatic carbocycles. The van der Waals surface area contributed by atoms with Crippen LogP contribution in [0.15, 0.2) is 35.2 Å². The van der Waals surface area contributed by atoms with Crippen LogP contribution in [-0.2, 0) is 4.79 Å². The summed E-state index contributed by atoms with van der Waals surface area (Å²) < 4.78 is 3.29. The molecule has 4 nitrogen and oxygen atoms in total. The molecule has 0 unspecified atom stereocenters. The monoisotopic (exact) mass is 462 g/mol. The van der Waals surface area contributed by atoms with Gasteiger partial charge in [0, 0.05) is 20.6 Å². The second kappa shape index (κ2) is 7.10. The zero-order chi connectivity index (χ0) is 18.1. The molecule has 0 saturated carbocycles. The summed E-state index contributed by atoms with van der Waals surface area (Å²) in [6.45, 7) is 4.03. The van der Waals surface area contributed by atoms with E-state index < -0.39 is 0 Å². The van der Waals surface area contributed by atoms with Crippen molar-refractivity contribution in [3.8, 4) is 18.0 Å². The molecule has 2 amide bonds. The SMILES string of the molecule is C#CCN1C(=O)S/C(=C/c2cc(C)n(-c3cccc(I)c3)c2C)C1=O. The Morgan fingerprint density at radius 2 is 2.04 bits per heavy atom. The van der Waals surface area contributed by atoms with Crippen LogP contribution >= 0.6 is 34.4 Å². The number of aromatic nitrogens is 1. The number of terminal acetylenes is 1. The minimum Gasteiger partial charge on any atom is -0.318 e. The van der Waals surface area contributed by atoms with E-state index in [4.69, 9.17) is 6.42 Å². The van der Waals surface area contributed by atoms with Crippen molar-refractivity contribution in [1.82, 2.24) is 9.47 Å². The number of hydrogen-bond acceptors (Lipinski definition) is 3. The summed E-state index contributed by atoms with van der Waals surface area (Å²) in [6.07, 6.45) is 7.00. The predicted octanol–water partition coefficient (Wildman–Crippen LogP) is 4.37. The number of amides is 2. The molecule has 6 heteroatoms. The molecule has 0 bridgehead atoms. The lowest BCUT2D eigenvalue weighted by atomic mass is 10.2. The molecule has 1 aliphatic heterocycles. The lowest BCUT2D eigenvalue weighted by Gasteiger charge is -2.10. The average Bonchev–Trinajstić information content (AvgIpc) is 2.98. The smallest absolute Gasteiger partial charge is 0.294 e. The van der Waals surface area contributed by atoms with Crippen LogP contribution in [-0.4, -0.2) is 27.2 Å². The van der Waals surface area contributed by atoms with Gasteiger partial charge in [0.05, 0.1) is 11.4 Å². The second-order valence-corrected chi connectivity index (χ2v) is 7.85. The van der Waals surface area contributed by atoms with Crippen LogP contribution < -0.4 is 0 Å². The fourth-order valence-corrected chi connectivity index (χ4v) is 4.17. The summed E-state index contributed by atoms with van der Waals surface area (Å²) in [5.74, 6) is 2.02. The van der Waals surface area contributed by atoms with Crippen LogP contribution in [0.3, 0.4) is 0 Å². The maximum absolute atomic E-state index is 12.3. The lowest BCUT2D eigenvalue weighted by molar-refractivity contribution is -0.122. The molecule has 0 radical (unpaired) electrons. The van der Waals surface area contributed by atoms with Crippen LogP contribution in [0.5, 0.6) is 0 Å². The van der Waals surface area contributed by atoms with E-state index in [9.17, 15) is 9.59 Å². The van der Waals surface area contributed by atoms with Gasteiger partial charge >= 0.3 is 0 Å². The molecule has 3 rings (SSSR count). The molecule has 2 aromatic rings. The van der Waals surface area contributed by atoms with Gasteiger partial charge in [-0.1, -0.05) is 12.0 Å². The average molecular weight is 462 g/mol. The molecule has 0 N–H and O–H groups in total. The van der Waals surface area contributed by atoms with Crippen molar-refractivity contribution in [2.75, 3.05) is 6.54 Å². The number of carbonyl (C=O) groups excluding carboxylic acids is 2. The van der Waals surface area contributed by atoms with Crippen LogP contribution in [0.2, 0.25) is 0 Å². The summed E-state index contributed by atoms with van der Waals surface area (Å²) in [4.78, 5) is 25.8. The van der Waals surface area contributed by atoms with E-state index in [0.717, 1.165) is 42.9 Å². The lowest BCUT2D eigenvalue weighted by Crippen LogP contribution is -2.28. The third-order valence-electron chi connectivity index (χ3n) is 3.95. The molecule has 1 aliphatic rings. The molecule has 1 saturated heterocycles. The highest BCUT2D eigenvalue weighted by Gasteiger charge is 2.34. The van der Waals surface area contributed by atoms with E-state index in [2.05, 4.69) is 39.1 Å². The van der Waals surface area contributed by atoms with Gasteiger partial charge in [0.1, 0.15) is 0 Å². The van der Waals surface area contributed by atoms with Gasteiger partial charge in [-0.05, 0) is 84.1 Å².